The van der Waals surface area contributed by atoms with Gasteiger partial charge in [0.1, 0.15) is 5.75 Å². The van der Waals surface area contributed by atoms with Crippen molar-refractivity contribution in [3.05, 3.63) is 27.7 Å². The van der Waals surface area contributed by atoms with Gasteiger partial charge >= 0.3 is 12.6 Å². The highest BCUT2D eigenvalue weighted by Crippen LogP contribution is 2.30. The van der Waals surface area contributed by atoms with Crippen molar-refractivity contribution in [1.82, 2.24) is 0 Å². The lowest BCUT2D eigenvalue weighted by atomic mass is 10.1. The van der Waals surface area contributed by atoms with Crippen LogP contribution >= 0.6 is 31.9 Å². The van der Waals surface area contributed by atoms with E-state index in [1.54, 1.807) is 6.07 Å². The summed E-state index contributed by atoms with van der Waals surface area (Å²) in [6.45, 7) is -2.94. The Morgan fingerprint density at radius 3 is 2.56 bits per heavy atom. The average molecular weight is 388 g/mol. The molecule has 0 radical (unpaired) electrons. The first-order valence-corrected chi connectivity index (χ1v) is 6.78. The van der Waals surface area contributed by atoms with Crippen LogP contribution in [0.15, 0.2) is 16.6 Å². The maximum absolute atomic E-state index is 12.3. The quantitative estimate of drug-likeness (QED) is 0.571. The fourth-order valence-electron chi connectivity index (χ4n) is 1.31. The predicted octanol–water partition coefficient (Wildman–Crippen LogP) is 3.66. The Kier molecular flexibility index (Phi) is 6.01. The number of carbonyl (C=O) groups is 1. The Hall–Kier alpha value is -0.690. The number of hydrogen-bond acceptors (Lipinski definition) is 3. The number of alkyl halides is 3. The van der Waals surface area contributed by atoms with Crippen molar-refractivity contribution in [2.45, 2.75) is 18.4 Å². The third kappa shape index (κ3) is 4.20. The number of rotatable bonds is 5. The number of halogens is 4. The van der Waals surface area contributed by atoms with E-state index in [0.29, 0.717) is 15.4 Å². The number of esters is 1. The largest absolute Gasteiger partial charge is 0.469 e. The summed E-state index contributed by atoms with van der Waals surface area (Å²) in [5.41, 5.74) is 1.10. The Balaban J connectivity index is 3.12. The summed E-state index contributed by atoms with van der Waals surface area (Å²) in [5.74, 6) is -0.541. The maximum atomic E-state index is 12.3. The van der Waals surface area contributed by atoms with Crippen LogP contribution in [0.4, 0.5) is 8.78 Å². The van der Waals surface area contributed by atoms with Crippen molar-refractivity contribution in [2.75, 3.05) is 7.11 Å². The summed E-state index contributed by atoms with van der Waals surface area (Å²) in [6, 6.07) is 3.04. The fraction of sp³-hybridized carbons (Fsp3) is 0.364. The molecule has 100 valence electrons. The van der Waals surface area contributed by atoms with Crippen LogP contribution < -0.4 is 4.74 Å². The van der Waals surface area contributed by atoms with Crippen LogP contribution in [-0.2, 0) is 21.3 Å². The minimum atomic E-state index is -2.94. The Labute approximate surface area is 120 Å². The average Bonchev–Trinajstić information content (AvgIpc) is 2.31. The monoisotopic (exact) mass is 386 g/mol. The van der Waals surface area contributed by atoms with Gasteiger partial charge in [0, 0.05) is 15.4 Å². The second-order valence-electron chi connectivity index (χ2n) is 3.32. The van der Waals surface area contributed by atoms with Crippen molar-refractivity contribution < 1.29 is 23.0 Å². The molecule has 1 rings (SSSR count). The maximum Gasteiger partial charge on any atom is 0.387 e. The zero-order chi connectivity index (χ0) is 13.7. The van der Waals surface area contributed by atoms with Gasteiger partial charge < -0.3 is 9.47 Å². The molecule has 0 N–H and O–H groups in total. The van der Waals surface area contributed by atoms with Crippen molar-refractivity contribution in [3.8, 4) is 5.75 Å². The molecule has 0 aromatic heterocycles. The molecule has 0 unspecified atom stereocenters. The Bertz CT molecular complexity index is 439. The molecule has 0 aliphatic rings. The lowest BCUT2D eigenvalue weighted by molar-refractivity contribution is -0.139. The summed E-state index contributed by atoms with van der Waals surface area (Å²) in [7, 11) is 1.23. The van der Waals surface area contributed by atoms with Gasteiger partial charge in [-0.05, 0) is 17.7 Å². The van der Waals surface area contributed by atoms with E-state index >= 15 is 0 Å². The van der Waals surface area contributed by atoms with Gasteiger partial charge in [-0.1, -0.05) is 31.9 Å². The zero-order valence-corrected chi connectivity index (χ0v) is 12.6. The van der Waals surface area contributed by atoms with Crippen LogP contribution in [-0.4, -0.2) is 19.7 Å². The normalized spacial score (nSPS) is 10.6. The SMILES string of the molecule is COC(=O)Cc1cc(Br)c(CBr)cc1OC(F)F. The summed E-state index contributed by atoms with van der Waals surface area (Å²) >= 11 is 6.53. The van der Waals surface area contributed by atoms with E-state index in [1.165, 1.54) is 13.2 Å². The fourth-order valence-corrected chi connectivity index (χ4v) is 2.68. The molecule has 3 nitrogen and oxygen atoms in total. The number of ether oxygens (including phenoxy) is 2. The van der Waals surface area contributed by atoms with Crippen LogP contribution in [0.1, 0.15) is 11.1 Å². The molecule has 1 aromatic carbocycles. The van der Waals surface area contributed by atoms with Gasteiger partial charge in [0.25, 0.3) is 0 Å². The topological polar surface area (TPSA) is 35.5 Å². The Morgan fingerprint density at radius 2 is 2.06 bits per heavy atom. The first kappa shape index (κ1) is 15.4. The van der Waals surface area contributed by atoms with Crippen molar-refractivity contribution in [3.63, 3.8) is 0 Å². The van der Waals surface area contributed by atoms with Gasteiger partial charge in [0.05, 0.1) is 13.5 Å². The highest BCUT2D eigenvalue weighted by Gasteiger charge is 2.15. The lowest BCUT2D eigenvalue weighted by Gasteiger charge is -2.13. The number of carbonyl (C=O) groups excluding carboxylic acids is 1. The van der Waals surface area contributed by atoms with Gasteiger partial charge in [-0.15, -0.1) is 0 Å². The standard InChI is InChI=1S/C11H10Br2F2O3/c1-17-10(16)4-6-2-8(13)7(5-12)3-9(6)18-11(14)15/h2-3,11H,4-5H2,1H3. The van der Waals surface area contributed by atoms with Crippen LogP contribution in [0.25, 0.3) is 0 Å². The molecular formula is C11H10Br2F2O3. The van der Waals surface area contributed by atoms with Crippen LogP contribution in [0.2, 0.25) is 0 Å². The van der Waals surface area contributed by atoms with Crippen LogP contribution in [0.5, 0.6) is 5.75 Å². The first-order valence-electron chi connectivity index (χ1n) is 4.86. The van der Waals surface area contributed by atoms with E-state index in [2.05, 4.69) is 41.3 Å². The summed E-state index contributed by atoms with van der Waals surface area (Å²) < 4.78 is 34.2. The third-order valence-electron chi connectivity index (χ3n) is 2.15. The van der Waals surface area contributed by atoms with E-state index < -0.39 is 12.6 Å². The minimum absolute atomic E-state index is 0.0203. The van der Waals surface area contributed by atoms with Gasteiger partial charge in [0.2, 0.25) is 0 Å². The molecule has 0 atom stereocenters. The molecule has 0 aliphatic heterocycles. The van der Waals surface area contributed by atoms with E-state index in [9.17, 15) is 13.6 Å². The first-order chi connectivity index (χ1) is 8.47. The molecule has 0 bridgehead atoms. The van der Waals surface area contributed by atoms with Crippen molar-refractivity contribution >= 4 is 37.8 Å². The summed E-state index contributed by atoms with van der Waals surface area (Å²) in [6.07, 6.45) is -0.125. The molecule has 7 heteroatoms. The van der Waals surface area contributed by atoms with E-state index in [1.807, 2.05) is 0 Å². The smallest absolute Gasteiger partial charge is 0.387 e. The van der Waals surface area contributed by atoms with Crippen molar-refractivity contribution in [2.24, 2.45) is 0 Å². The zero-order valence-electron chi connectivity index (χ0n) is 9.38. The molecule has 0 aliphatic carbocycles. The molecule has 0 spiro atoms. The summed E-state index contributed by atoms with van der Waals surface area (Å²) in [5, 5.41) is 0.478. The molecular weight excluding hydrogens is 378 g/mol. The molecule has 0 heterocycles. The molecule has 0 amide bonds. The number of hydrogen-bond donors (Lipinski definition) is 0. The van der Waals surface area contributed by atoms with Crippen LogP contribution in [0, 0.1) is 0 Å². The van der Waals surface area contributed by atoms with E-state index in [4.69, 9.17) is 0 Å². The molecule has 1 aromatic rings. The van der Waals surface area contributed by atoms with Gasteiger partial charge in [0.15, 0.2) is 0 Å². The number of methoxy groups -OCH3 is 1. The predicted molar refractivity (Wildman–Crippen MR) is 69.1 cm³/mol. The minimum Gasteiger partial charge on any atom is -0.469 e. The molecule has 0 saturated carbocycles. The number of benzene rings is 1. The molecule has 0 saturated heterocycles. The molecule has 18 heavy (non-hydrogen) atoms. The van der Waals surface area contributed by atoms with Gasteiger partial charge in [-0.3, -0.25) is 4.79 Å². The highest BCUT2D eigenvalue weighted by molar-refractivity contribution is 9.10. The second-order valence-corrected chi connectivity index (χ2v) is 4.73. The van der Waals surface area contributed by atoms with Gasteiger partial charge in [-0.25, -0.2) is 0 Å². The Morgan fingerprint density at radius 1 is 1.39 bits per heavy atom. The van der Waals surface area contributed by atoms with Crippen LogP contribution in [0.3, 0.4) is 0 Å². The highest BCUT2D eigenvalue weighted by atomic mass is 79.9. The second kappa shape index (κ2) is 7.04. The summed E-state index contributed by atoms with van der Waals surface area (Å²) in [4.78, 5) is 11.2. The van der Waals surface area contributed by atoms with Crippen molar-refractivity contribution in [1.29, 1.82) is 0 Å². The van der Waals surface area contributed by atoms with E-state index in [-0.39, 0.29) is 12.2 Å². The van der Waals surface area contributed by atoms with E-state index in [0.717, 1.165) is 5.56 Å². The molecule has 0 fully saturated rings. The third-order valence-corrected chi connectivity index (χ3v) is 3.49. The lowest BCUT2D eigenvalue weighted by Crippen LogP contribution is -2.10. The van der Waals surface area contributed by atoms with Gasteiger partial charge in [-0.2, -0.15) is 8.78 Å².